The Morgan fingerprint density at radius 3 is 1.03 bits per heavy atom. The number of benzene rings is 1. The molecule has 220 valence electrons. The second-order valence-corrected chi connectivity index (χ2v) is 16.7. The molecule has 2 saturated carbocycles. The molecule has 0 aliphatic heterocycles. The van der Waals surface area contributed by atoms with Gasteiger partial charge in [0.1, 0.15) is 0 Å². The SMILES string of the molecule is CC(C)(C)C1CC=CC1.CC(C)(C)C1CCCC1.CC(C)(C)C1CCCCC1.CC(C)(C)c1ccccc1. The number of rotatable bonds is 0. The zero-order valence-corrected chi connectivity index (χ0v) is 28.1. The first-order valence-corrected chi connectivity index (χ1v) is 16.1. The highest BCUT2D eigenvalue weighted by Crippen LogP contribution is 2.39. The normalized spacial score (nSPS) is 19.6. The summed E-state index contributed by atoms with van der Waals surface area (Å²) in [4.78, 5) is 0. The largest absolute Gasteiger partial charge is 0.0882 e. The molecule has 0 spiro atoms. The topological polar surface area (TPSA) is 0 Å². The molecule has 0 bridgehead atoms. The average Bonchev–Trinajstić information content (AvgIpc) is 3.55. The molecule has 0 N–H and O–H groups in total. The van der Waals surface area contributed by atoms with Crippen molar-refractivity contribution in [3.63, 3.8) is 0 Å². The molecule has 0 atom stereocenters. The Labute approximate surface area is 240 Å². The minimum Gasteiger partial charge on any atom is -0.0882 e. The molecular weight excluding hydrogens is 456 g/mol. The molecule has 4 rings (SSSR count). The van der Waals surface area contributed by atoms with Crippen LogP contribution in [0.25, 0.3) is 0 Å². The van der Waals surface area contributed by atoms with Gasteiger partial charge in [0.05, 0.1) is 0 Å². The van der Waals surface area contributed by atoms with Gasteiger partial charge in [-0.05, 0) is 83.5 Å². The van der Waals surface area contributed by atoms with E-state index in [9.17, 15) is 0 Å². The highest BCUT2D eigenvalue weighted by Gasteiger charge is 2.27. The van der Waals surface area contributed by atoms with Gasteiger partial charge in [-0.2, -0.15) is 0 Å². The maximum Gasteiger partial charge on any atom is -0.0132 e. The van der Waals surface area contributed by atoms with Crippen molar-refractivity contribution >= 4 is 0 Å². The van der Waals surface area contributed by atoms with Crippen molar-refractivity contribution in [2.24, 2.45) is 34.0 Å². The highest BCUT2D eigenvalue weighted by molar-refractivity contribution is 5.22. The van der Waals surface area contributed by atoms with E-state index in [2.05, 4.69) is 126 Å². The van der Waals surface area contributed by atoms with E-state index in [1.807, 2.05) is 0 Å². The van der Waals surface area contributed by atoms with Crippen LogP contribution in [-0.2, 0) is 5.41 Å². The molecule has 0 heterocycles. The summed E-state index contributed by atoms with van der Waals surface area (Å²) in [6.07, 6.45) is 20.5. The second kappa shape index (κ2) is 15.7. The molecular formula is C38H68. The maximum atomic E-state index is 2.38. The van der Waals surface area contributed by atoms with Crippen LogP contribution in [0.3, 0.4) is 0 Å². The monoisotopic (exact) mass is 525 g/mol. The molecule has 0 nitrogen and oxygen atoms in total. The smallest absolute Gasteiger partial charge is 0.0132 e. The summed E-state index contributed by atoms with van der Waals surface area (Å²) in [5.74, 6) is 2.91. The molecule has 3 aliphatic carbocycles. The van der Waals surface area contributed by atoms with E-state index < -0.39 is 0 Å². The summed E-state index contributed by atoms with van der Waals surface area (Å²) in [5.41, 5.74) is 3.36. The van der Waals surface area contributed by atoms with Gasteiger partial charge in [0.25, 0.3) is 0 Å². The average molecular weight is 525 g/mol. The fourth-order valence-electron chi connectivity index (χ4n) is 6.02. The lowest BCUT2D eigenvalue weighted by atomic mass is 9.72. The van der Waals surface area contributed by atoms with Crippen molar-refractivity contribution in [1.82, 2.24) is 0 Å². The second-order valence-electron chi connectivity index (χ2n) is 16.7. The summed E-state index contributed by atoms with van der Waals surface area (Å²) in [5, 5.41) is 0. The van der Waals surface area contributed by atoms with E-state index in [0.717, 1.165) is 17.8 Å². The van der Waals surface area contributed by atoms with Crippen LogP contribution >= 0.6 is 0 Å². The molecule has 0 heteroatoms. The van der Waals surface area contributed by atoms with E-state index in [1.165, 1.54) is 76.2 Å². The van der Waals surface area contributed by atoms with E-state index in [0.29, 0.717) is 21.7 Å². The molecule has 0 amide bonds. The number of hydrogen-bond acceptors (Lipinski definition) is 0. The van der Waals surface area contributed by atoms with E-state index in [-0.39, 0.29) is 0 Å². The Balaban J connectivity index is 0.000000254. The van der Waals surface area contributed by atoms with Gasteiger partial charge in [-0.25, -0.2) is 0 Å². The van der Waals surface area contributed by atoms with E-state index in [4.69, 9.17) is 0 Å². The van der Waals surface area contributed by atoms with Crippen molar-refractivity contribution in [2.45, 2.75) is 159 Å². The van der Waals surface area contributed by atoms with Gasteiger partial charge in [-0.1, -0.05) is 158 Å². The zero-order valence-electron chi connectivity index (χ0n) is 28.1. The van der Waals surface area contributed by atoms with Crippen LogP contribution in [0, 0.1) is 34.0 Å². The Morgan fingerprint density at radius 2 is 0.789 bits per heavy atom. The third-order valence-electron chi connectivity index (χ3n) is 9.28. The lowest BCUT2D eigenvalue weighted by Gasteiger charge is -2.33. The Hall–Kier alpha value is -1.04. The first kappa shape index (κ1) is 35.0. The van der Waals surface area contributed by atoms with Gasteiger partial charge in [-0.15, -0.1) is 0 Å². The van der Waals surface area contributed by atoms with Gasteiger partial charge >= 0.3 is 0 Å². The predicted octanol–water partition coefficient (Wildman–Crippen LogP) is 12.8. The van der Waals surface area contributed by atoms with Gasteiger partial charge in [-0.3, -0.25) is 0 Å². The van der Waals surface area contributed by atoms with Crippen molar-refractivity contribution in [2.75, 3.05) is 0 Å². The Bertz CT molecular complexity index is 721. The first-order chi connectivity index (χ1) is 17.4. The Kier molecular flexibility index (Phi) is 14.4. The van der Waals surface area contributed by atoms with Crippen LogP contribution in [0.15, 0.2) is 42.5 Å². The lowest BCUT2D eigenvalue weighted by molar-refractivity contribution is 0.180. The first-order valence-electron chi connectivity index (χ1n) is 16.1. The lowest BCUT2D eigenvalue weighted by Crippen LogP contribution is -2.22. The third kappa shape index (κ3) is 14.4. The molecule has 0 saturated heterocycles. The number of hydrogen-bond donors (Lipinski definition) is 0. The van der Waals surface area contributed by atoms with Crippen LogP contribution in [0.4, 0.5) is 0 Å². The number of allylic oxidation sites excluding steroid dienone is 2. The van der Waals surface area contributed by atoms with Crippen LogP contribution in [-0.4, -0.2) is 0 Å². The van der Waals surface area contributed by atoms with Crippen molar-refractivity contribution < 1.29 is 0 Å². The van der Waals surface area contributed by atoms with Crippen molar-refractivity contribution in [3.8, 4) is 0 Å². The standard InChI is InChI=1S/C10H20.C10H14.C9H18.C9H16/c2*1-10(2,3)9-7-5-4-6-8-9;2*1-9(2,3)8-6-4-5-7-8/h9H,4-8H2,1-3H3;4-8H,1-3H3;8H,4-7H2,1-3H3;4-5,8H,6-7H2,1-3H3. The molecule has 38 heavy (non-hydrogen) atoms. The fraction of sp³-hybridized carbons (Fsp3) is 0.789. The quantitative estimate of drug-likeness (QED) is 0.296. The molecule has 1 aromatic rings. The molecule has 1 aromatic carbocycles. The van der Waals surface area contributed by atoms with E-state index in [1.54, 1.807) is 0 Å². The highest BCUT2D eigenvalue weighted by atomic mass is 14.3. The molecule has 2 fully saturated rings. The van der Waals surface area contributed by atoms with Crippen molar-refractivity contribution in [1.29, 1.82) is 0 Å². The maximum absolute atomic E-state index is 2.38. The van der Waals surface area contributed by atoms with Gasteiger partial charge in [0.2, 0.25) is 0 Å². The van der Waals surface area contributed by atoms with Gasteiger partial charge in [0.15, 0.2) is 0 Å². The van der Waals surface area contributed by atoms with Crippen LogP contribution in [0.1, 0.15) is 159 Å². The molecule has 0 radical (unpaired) electrons. The Morgan fingerprint density at radius 1 is 0.447 bits per heavy atom. The zero-order chi connectivity index (χ0) is 29.0. The third-order valence-corrected chi connectivity index (χ3v) is 9.28. The fourth-order valence-corrected chi connectivity index (χ4v) is 6.02. The minimum absolute atomic E-state index is 0.293. The molecule has 0 aromatic heterocycles. The van der Waals surface area contributed by atoms with Crippen LogP contribution in [0.2, 0.25) is 0 Å². The summed E-state index contributed by atoms with van der Waals surface area (Å²) >= 11 is 0. The summed E-state index contributed by atoms with van der Waals surface area (Å²) in [7, 11) is 0. The molecule has 0 unspecified atom stereocenters. The summed E-state index contributed by atoms with van der Waals surface area (Å²) in [6, 6.07) is 10.6. The summed E-state index contributed by atoms with van der Waals surface area (Å²) in [6.45, 7) is 27.9. The predicted molar refractivity (Wildman–Crippen MR) is 174 cm³/mol. The van der Waals surface area contributed by atoms with Gasteiger partial charge < -0.3 is 0 Å². The van der Waals surface area contributed by atoms with E-state index >= 15 is 0 Å². The van der Waals surface area contributed by atoms with Crippen LogP contribution < -0.4 is 0 Å². The van der Waals surface area contributed by atoms with Gasteiger partial charge in [0, 0.05) is 0 Å². The minimum atomic E-state index is 0.293. The van der Waals surface area contributed by atoms with Crippen LogP contribution in [0.5, 0.6) is 0 Å². The van der Waals surface area contributed by atoms with Crippen molar-refractivity contribution in [3.05, 3.63) is 48.0 Å². The molecule has 3 aliphatic rings. The summed E-state index contributed by atoms with van der Waals surface area (Å²) < 4.78 is 0.